The molecule has 0 radical (unpaired) electrons. The third-order valence-corrected chi connectivity index (χ3v) is 10.5. The fourth-order valence-corrected chi connectivity index (χ4v) is 6.88. The molecule has 15 atom stereocenters. The Labute approximate surface area is 304 Å². The van der Waals surface area contributed by atoms with Gasteiger partial charge in [0.1, 0.15) is 24.9 Å². The number of nitrogens with one attached hydrogen (secondary N) is 1. The minimum absolute atomic E-state index is 0.0449. The molecule has 6 unspecified atom stereocenters. The van der Waals surface area contributed by atoms with E-state index >= 15 is 0 Å². The highest BCUT2D eigenvalue weighted by molar-refractivity contribution is 6.76. The van der Waals surface area contributed by atoms with Gasteiger partial charge in [-0.2, -0.15) is 0 Å². The van der Waals surface area contributed by atoms with Crippen molar-refractivity contribution in [1.29, 1.82) is 5.41 Å². The number of rotatable bonds is 11. The number of alkyl halides is 3. The highest BCUT2D eigenvalue weighted by Crippen LogP contribution is 2.42. The lowest BCUT2D eigenvalue weighted by atomic mass is 9.82. The normalized spacial score (nSPS) is 39.8. The third kappa shape index (κ3) is 10.6. The topological polar surface area (TPSA) is 158 Å². The van der Waals surface area contributed by atoms with Crippen LogP contribution in [-0.4, -0.2) is 95.8 Å². The van der Waals surface area contributed by atoms with Crippen LogP contribution in [0.2, 0.25) is 0 Å². The van der Waals surface area contributed by atoms with Gasteiger partial charge in [0.25, 0.3) is 3.79 Å². The molecule has 0 bridgehead atoms. The molecule has 49 heavy (non-hydrogen) atoms. The van der Waals surface area contributed by atoms with E-state index in [1.54, 1.807) is 6.92 Å². The van der Waals surface area contributed by atoms with Crippen LogP contribution >= 0.6 is 34.8 Å². The van der Waals surface area contributed by atoms with Gasteiger partial charge in [-0.15, -0.1) is 0 Å². The summed E-state index contributed by atoms with van der Waals surface area (Å²) < 4.78 is 52.8. The third-order valence-electron chi connectivity index (χ3n) is 9.96. The van der Waals surface area contributed by atoms with Gasteiger partial charge in [-0.25, -0.2) is 0 Å². The van der Waals surface area contributed by atoms with E-state index in [0.29, 0.717) is 12.8 Å². The van der Waals surface area contributed by atoms with E-state index < -0.39 is 82.9 Å². The molecule has 0 spiro atoms. The van der Waals surface area contributed by atoms with Crippen molar-refractivity contribution < 1.29 is 57.0 Å². The SMILES string of the molecule is CCC1O[C@H](O[C@@H]2C(OC(C)=O)[C@@H](OC3[C@@H](OC(=N)C(Cl)(Cl)Cl)OC(CC)[C@@H](C)[C@@H]3C)OC(COC(C)=O)[C@H]2C)C(OC(C)=O)[C@@H](C)[C@@H]1C. The number of carbonyl (C=O) groups is 3. The number of ether oxygens (including phenoxy) is 9. The van der Waals surface area contributed by atoms with E-state index in [9.17, 15) is 14.4 Å². The van der Waals surface area contributed by atoms with Crippen LogP contribution in [0.5, 0.6) is 0 Å². The van der Waals surface area contributed by atoms with Crippen molar-refractivity contribution in [2.24, 2.45) is 29.6 Å². The predicted octanol–water partition coefficient (Wildman–Crippen LogP) is 5.72. The first kappa shape index (κ1) is 42.0. The van der Waals surface area contributed by atoms with Crippen molar-refractivity contribution in [3.8, 4) is 0 Å². The van der Waals surface area contributed by atoms with Gasteiger partial charge in [-0.05, 0) is 30.6 Å². The lowest BCUT2D eigenvalue weighted by Crippen LogP contribution is -2.63. The lowest BCUT2D eigenvalue weighted by molar-refractivity contribution is -0.366. The average Bonchev–Trinajstić information content (AvgIpc) is 3.01. The predicted molar refractivity (Wildman–Crippen MR) is 179 cm³/mol. The number of halogens is 3. The number of hydrogen-bond donors (Lipinski definition) is 1. The van der Waals surface area contributed by atoms with Crippen LogP contribution in [0.4, 0.5) is 0 Å². The second-order valence-electron chi connectivity index (χ2n) is 13.3. The second kappa shape index (κ2) is 17.9. The Kier molecular flexibility index (Phi) is 15.3. The smallest absolute Gasteiger partial charge is 0.303 e. The Bertz CT molecular complexity index is 1160. The Morgan fingerprint density at radius 3 is 1.53 bits per heavy atom. The monoisotopic (exact) mass is 759 g/mol. The largest absolute Gasteiger partial charge is 0.463 e. The first-order valence-electron chi connectivity index (χ1n) is 16.9. The minimum atomic E-state index is -2.17. The van der Waals surface area contributed by atoms with E-state index in [-0.39, 0.29) is 42.5 Å². The van der Waals surface area contributed by atoms with Gasteiger partial charge >= 0.3 is 17.9 Å². The van der Waals surface area contributed by atoms with Crippen molar-refractivity contribution in [2.75, 3.05) is 6.61 Å². The summed E-state index contributed by atoms with van der Waals surface area (Å²) in [6.07, 6.45) is -7.43. The quantitative estimate of drug-likeness (QED) is 0.0899. The molecule has 0 aromatic carbocycles. The van der Waals surface area contributed by atoms with E-state index in [2.05, 4.69) is 0 Å². The van der Waals surface area contributed by atoms with Crippen molar-refractivity contribution in [2.45, 2.75) is 147 Å². The molecular formula is C33H52Cl3NO12. The number of carbonyl (C=O) groups excluding carboxylic acids is 3. The summed E-state index contributed by atoms with van der Waals surface area (Å²) >= 11 is 17.9. The molecule has 16 heteroatoms. The van der Waals surface area contributed by atoms with Crippen LogP contribution in [0.3, 0.4) is 0 Å². The summed E-state index contributed by atoms with van der Waals surface area (Å²) in [5, 5.41) is 8.24. The standard InChI is InChI=1S/C33H52Cl3NO12/c1-11-22-14(3)16(5)26(42-20(9)39)29(44-22)47-25-18(7)24(13-41-19(8)38)46-31(28(25)43-21(10)40)48-27-17(6)15(4)23(12-2)45-30(27)49-32(37)33(34,35)36/h14-18,22-31,37H,11-13H2,1-10H3/t14-,15-,16-,17-,18+,22?,23?,24?,25-,26?,27?,28?,29+,30+,31+/m0/s1. The van der Waals surface area contributed by atoms with Gasteiger partial charge in [0.2, 0.25) is 12.2 Å². The Morgan fingerprint density at radius 1 is 0.592 bits per heavy atom. The molecule has 0 saturated carbocycles. The highest BCUT2D eigenvalue weighted by atomic mass is 35.6. The van der Waals surface area contributed by atoms with Crippen LogP contribution in [0.15, 0.2) is 0 Å². The summed E-state index contributed by atoms with van der Waals surface area (Å²) in [5.41, 5.74) is 0. The van der Waals surface area contributed by atoms with E-state index in [1.165, 1.54) is 20.8 Å². The molecule has 282 valence electrons. The molecule has 0 aliphatic carbocycles. The van der Waals surface area contributed by atoms with Gasteiger partial charge in [0.05, 0.1) is 12.2 Å². The first-order valence-corrected chi connectivity index (χ1v) is 18.0. The molecule has 0 amide bonds. The van der Waals surface area contributed by atoms with E-state index in [4.69, 9.17) is 82.8 Å². The van der Waals surface area contributed by atoms with Crippen LogP contribution in [0, 0.1) is 35.0 Å². The van der Waals surface area contributed by atoms with Crippen molar-refractivity contribution in [3.63, 3.8) is 0 Å². The van der Waals surface area contributed by atoms with Crippen molar-refractivity contribution in [3.05, 3.63) is 0 Å². The summed E-state index contributed by atoms with van der Waals surface area (Å²) in [6.45, 7) is 17.3. The maximum absolute atomic E-state index is 12.6. The molecule has 0 aromatic heterocycles. The van der Waals surface area contributed by atoms with Crippen LogP contribution in [-0.2, 0) is 57.0 Å². The van der Waals surface area contributed by atoms with Crippen molar-refractivity contribution >= 4 is 58.6 Å². The molecule has 3 aliphatic heterocycles. The lowest BCUT2D eigenvalue weighted by Gasteiger charge is -2.50. The van der Waals surface area contributed by atoms with Gasteiger partial charge in [-0.1, -0.05) is 83.3 Å². The van der Waals surface area contributed by atoms with Crippen LogP contribution in [0.25, 0.3) is 0 Å². The first-order chi connectivity index (χ1) is 22.8. The van der Waals surface area contributed by atoms with Gasteiger partial charge < -0.3 is 42.6 Å². The van der Waals surface area contributed by atoms with E-state index in [0.717, 1.165) is 0 Å². The van der Waals surface area contributed by atoms with Crippen LogP contribution < -0.4 is 0 Å². The van der Waals surface area contributed by atoms with Crippen molar-refractivity contribution in [1.82, 2.24) is 0 Å². The van der Waals surface area contributed by atoms with Gasteiger partial charge in [0.15, 0.2) is 24.8 Å². The molecular weight excluding hydrogens is 709 g/mol. The minimum Gasteiger partial charge on any atom is -0.463 e. The highest BCUT2D eigenvalue weighted by Gasteiger charge is 2.54. The summed E-state index contributed by atoms with van der Waals surface area (Å²) in [5.74, 6) is -3.31. The molecule has 3 rings (SSSR count). The Hall–Kier alpha value is -1.45. The molecule has 3 heterocycles. The zero-order valence-corrected chi connectivity index (χ0v) is 32.1. The molecule has 3 aliphatic rings. The Morgan fingerprint density at radius 2 is 1.04 bits per heavy atom. The summed E-state index contributed by atoms with van der Waals surface area (Å²) in [6, 6.07) is 0. The fourth-order valence-electron chi connectivity index (χ4n) is 6.75. The maximum Gasteiger partial charge on any atom is 0.303 e. The van der Waals surface area contributed by atoms with Gasteiger partial charge in [0, 0.05) is 32.6 Å². The summed E-state index contributed by atoms with van der Waals surface area (Å²) in [4.78, 5) is 36.7. The van der Waals surface area contributed by atoms with Gasteiger partial charge in [-0.3, -0.25) is 19.8 Å². The maximum atomic E-state index is 12.6. The number of esters is 3. The summed E-state index contributed by atoms with van der Waals surface area (Å²) in [7, 11) is 0. The molecule has 1 N–H and O–H groups in total. The molecule has 3 saturated heterocycles. The average molecular weight is 761 g/mol. The Balaban J connectivity index is 2.06. The van der Waals surface area contributed by atoms with Crippen LogP contribution in [0.1, 0.15) is 82.1 Å². The second-order valence-corrected chi connectivity index (χ2v) is 15.6. The number of hydrogen-bond acceptors (Lipinski definition) is 13. The fraction of sp³-hybridized carbons (Fsp3) is 0.879. The van der Waals surface area contributed by atoms with E-state index in [1.807, 2.05) is 41.5 Å². The zero-order valence-electron chi connectivity index (χ0n) is 29.8. The molecule has 13 nitrogen and oxygen atoms in total. The molecule has 3 fully saturated rings. The molecule has 0 aromatic rings. The zero-order chi connectivity index (χ0) is 37.0.